The average Bonchev–Trinajstić information content (AvgIpc) is 2.49. The van der Waals surface area contributed by atoms with E-state index in [9.17, 15) is 4.79 Å². The van der Waals surface area contributed by atoms with Crippen LogP contribution >= 0.6 is 15.9 Å². The van der Waals surface area contributed by atoms with Crippen LogP contribution in [0.1, 0.15) is 30.1 Å². The molecule has 4 heteroatoms. The Labute approximate surface area is 133 Å². The lowest BCUT2D eigenvalue weighted by atomic mass is 10.2. The van der Waals surface area contributed by atoms with Crippen molar-refractivity contribution in [3.05, 3.63) is 58.6 Å². The Balaban J connectivity index is 1.95. The van der Waals surface area contributed by atoms with Crippen LogP contribution < -0.4 is 10.1 Å². The number of hydrogen-bond donors (Lipinski definition) is 1. The summed E-state index contributed by atoms with van der Waals surface area (Å²) in [6.07, 6.45) is 2.15. The van der Waals surface area contributed by atoms with Crippen LogP contribution in [-0.2, 0) is 0 Å². The summed E-state index contributed by atoms with van der Waals surface area (Å²) >= 11 is 3.36. The number of amides is 1. The first-order valence-electron chi connectivity index (χ1n) is 6.99. The van der Waals surface area contributed by atoms with E-state index in [-0.39, 0.29) is 5.91 Å². The first-order chi connectivity index (χ1) is 10.2. The highest BCUT2D eigenvalue weighted by Crippen LogP contribution is 2.18. The lowest BCUT2D eigenvalue weighted by Gasteiger charge is -2.08. The van der Waals surface area contributed by atoms with Crippen LogP contribution in [0.2, 0.25) is 0 Å². The van der Waals surface area contributed by atoms with Gasteiger partial charge in [-0.05, 0) is 48.9 Å². The number of carbonyl (C=O) groups is 1. The molecule has 0 aliphatic carbocycles. The maximum absolute atomic E-state index is 12.1. The van der Waals surface area contributed by atoms with Gasteiger partial charge in [0.1, 0.15) is 5.75 Å². The van der Waals surface area contributed by atoms with Crippen LogP contribution in [0.3, 0.4) is 0 Å². The highest BCUT2D eigenvalue weighted by Gasteiger charge is 2.06. The lowest BCUT2D eigenvalue weighted by molar-refractivity contribution is 0.102. The quantitative estimate of drug-likeness (QED) is 0.756. The minimum atomic E-state index is -0.129. The van der Waals surface area contributed by atoms with Crippen molar-refractivity contribution >= 4 is 27.5 Å². The number of anilines is 1. The highest BCUT2D eigenvalue weighted by molar-refractivity contribution is 9.10. The van der Waals surface area contributed by atoms with E-state index in [4.69, 9.17) is 4.74 Å². The van der Waals surface area contributed by atoms with Gasteiger partial charge in [-0.25, -0.2) is 0 Å². The van der Waals surface area contributed by atoms with Crippen molar-refractivity contribution in [2.24, 2.45) is 0 Å². The van der Waals surface area contributed by atoms with Crippen molar-refractivity contribution in [1.82, 2.24) is 0 Å². The van der Waals surface area contributed by atoms with E-state index in [1.807, 2.05) is 36.4 Å². The SMILES string of the molecule is CCCCOc1ccc(NC(=O)c2cccc(Br)c2)cc1. The molecule has 0 saturated carbocycles. The van der Waals surface area contributed by atoms with Crippen LogP contribution in [0, 0.1) is 0 Å². The van der Waals surface area contributed by atoms with Crippen LogP contribution in [0.4, 0.5) is 5.69 Å². The Morgan fingerprint density at radius 2 is 1.95 bits per heavy atom. The van der Waals surface area contributed by atoms with Gasteiger partial charge in [0.05, 0.1) is 6.61 Å². The summed E-state index contributed by atoms with van der Waals surface area (Å²) in [5.74, 6) is 0.694. The lowest BCUT2D eigenvalue weighted by Crippen LogP contribution is -2.11. The van der Waals surface area contributed by atoms with Crippen molar-refractivity contribution in [1.29, 1.82) is 0 Å². The molecule has 21 heavy (non-hydrogen) atoms. The zero-order chi connectivity index (χ0) is 15.1. The Bertz CT molecular complexity index is 596. The summed E-state index contributed by atoms with van der Waals surface area (Å²) < 4.78 is 6.47. The summed E-state index contributed by atoms with van der Waals surface area (Å²) in [6, 6.07) is 14.7. The topological polar surface area (TPSA) is 38.3 Å². The molecule has 1 amide bonds. The molecular weight excluding hydrogens is 330 g/mol. The number of rotatable bonds is 6. The van der Waals surface area contributed by atoms with Gasteiger partial charge < -0.3 is 10.1 Å². The van der Waals surface area contributed by atoms with Gasteiger partial charge in [-0.1, -0.05) is 35.3 Å². The fourth-order valence-corrected chi connectivity index (χ4v) is 2.20. The Morgan fingerprint density at radius 3 is 2.62 bits per heavy atom. The Hall–Kier alpha value is -1.81. The molecule has 0 aliphatic rings. The molecule has 2 aromatic carbocycles. The van der Waals surface area contributed by atoms with Crippen molar-refractivity contribution < 1.29 is 9.53 Å². The van der Waals surface area contributed by atoms with E-state index in [1.54, 1.807) is 12.1 Å². The molecule has 3 nitrogen and oxygen atoms in total. The van der Waals surface area contributed by atoms with Gasteiger partial charge in [0, 0.05) is 15.7 Å². The van der Waals surface area contributed by atoms with Gasteiger partial charge in [0.15, 0.2) is 0 Å². The molecule has 0 atom stereocenters. The normalized spacial score (nSPS) is 10.2. The van der Waals surface area contributed by atoms with Crippen molar-refractivity contribution in [3.63, 3.8) is 0 Å². The minimum Gasteiger partial charge on any atom is -0.494 e. The van der Waals surface area contributed by atoms with Crippen LogP contribution in [0.25, 0.3) is 0 Å². The predicted molar refractivity (Wildman–Crippen MR) is 88.9 cm³/mol. The molecule has 0 bridgehead atoms. The zero-order valence-electron chi connectivity index (χ0n) is 11.9. The molecule has 0 saturated heterocycles. The number of nitrogens with one attached hydrogen (secondary N) is 1. The molecular formula is C17H18BrNO2. The van der Waals surface area contributed by atoms with Gasteiger partial charge in [-0.15, -0.1) is 0 Å². The minimum absolute atomic E-state index is 0.129. The van der Waals surface area contributed by atoms with Crippen LogP contribution in [0.5, 0.6) is 5.75 Å². The predicted octanol–water partition coefficient (Wildman–Crippen LogP) is 4.88. The largest absolute Gasteiger partial charge is 0.494 e. The van der Waals surface area contributed by atoms with E-state index in [0.29, 0.717) is 5.56 Å². The monoisotopic (exact) mass is 347 g/mol. The molecule has 0 heterocycles. The van der Waals surface area contributed by atoms with Gasteiger partial charge in [-0.2, -0.15) is 0 Å². The molecule has 0 unspecified atom stereocenters. The second-order valence-electron chi connectivity index (χ2n) is 4.69. The number of ether oxygens (including phenoxy) is 1. The van der Waals surface area contributed by atoms with Crippen molar-refractivity contribution in [2.75, 3.05) is 11.9 Å². The molecule has 1 N–H and O–H groups in total. The van der Waals surface area contributed by atoms with Crippen molar-refractivity contribution in [2.45, 2.75) is 19.8 Å². The molecule has 0 aliphatic heterocycles. The third-order valence-corrected chi connectivity index (χ3v) is 3.46. The summed E-state index contributed by atoms with van der Waals surface area (Å²) in [5.41, 5.74) is 1.37. The average molecular weight is 348 g/mol. The van der Waals surface area contributed by atoms with Gasteiger partial charge in [-0.3, -0.25) is 4.79 Å². The molecule has 0 fully saturated rings. The summed E-state index contributed by atoms with van der Waals surface area (Å²) in [4.78, 5) is 12.1. The van der Waals surface area contributed by atoms with E-state index in [0.717, 1.165) is 35.4 Å². The van der Waals surface area contributed by atoms with Crippen LogP contribution in [0.15, 0.2) is 53.0 Å². The van der Waals surface area contributed by atoms with Crippen LogP contribution in [-0.4, -0.2) is 12.5 Å². The number of halogens is 1. The maximum atomic E-state index is 12.1. The smallest absolute Gasteiger partial charge is 0.255 e. The Kier molecular flexibility index (Phi) is 5.81. The molecule has 0 radical (unpaired) electrons. The fraction of sp³-hybridized carbons (Fsp3) is 0.235. The maximum Gasteiger partial charge on any atom is 0.255 e. The van der Waals surface area contributed by atoms with E-state index >= 15 is 0 Å². The third-order valence-electron chi connectivity index (χ3n) is 2.97. The van der Waals surface area contributed by atoms with E-state index in [2.05, 4.69) is 28.2 Å². The Morgan fingerprint density at radius 1 is 1.19 bits per heavy atom. The zero-order valence-corrected chi connectivity index (χ0v) is 13.5. The standard InChI is InChI=1S/C17H18BrNO2/c1-2-3-11-21-16-9-7-15(8-10-16)19-17(20)13-5-4-6-14(18)12-13/h4-10,12H,2-3,11H2,1H3,(H,19,20). The fourth-order valence-electron chi connectivity index (χ4n) is 1.80. The van der Waals surface area contributed by atoms with E-state index < -0.39 is 0 Å². The second kappa shape index (κ2) is 7.84. The first kappa shape index (κ1) is 15.6. The summed E-state index contributed by atoms with van der Waals surface area (Å²) in [5, 5.41) is 2.86. The second-order valence-corrected chi connectivity index (χ2v) is 5.61. The molecule has 0 spiro atoms. The number of benzene rings is 2. The molecule has 110 valence electrons. The molecule has 0 aromatic heterocycles. The van der Waals surface area contributed by atoms with Gasteiger partial charge in [0.2, 0.25) is 0 Å². The first-order valence-corrected chi connectivity index (χ1v) is 7.78. The summed E-state index contributed by atoms with van der Waals surface area (Å²) in [7, 11) is 0. The molecule has 2 rings (SSSR count). The summed E-state index contributed by atoms with van der Waals surface area (Å²) in [6.45, 7) is 2.85. The highest BCUT2D eigenvalue weighted by atomic mass is 79.9. The van der Waals surface area contributed by atoms with Gasteiger partial charge >= 0.3 is 0 Å². The molecule has 2 aromatic rings. The van der Waals surface area contributed by atoms with Gasteiger partial charge in [0.25, 0.3) is 5.91 Å². The number of unbranched alkanes of at least 4 members (excludes halogenated alkanes) is 1. The number of hydrogen-bond acceptors (Lipinski definition) is 2. The number of carbonyl (C=O) groups excluding carboxylic acids is 1. The third kappa shape index (κ3) is 4.90. The van der Waals surface area contributed by atoms with Crippen molar-refractivity contribution in [3.8, 4) is 5.75 Å². The van der Waals surface area contributed by atoms with E-state index in [1.165, 1.54) is 0 Å².